The number of carbonyl (C=O) groups excluding carboxylic acids is 2. The second kappa shape index (κ2) is 8.52. The van der Waals surface area contributed by atoms with Crippen LogP contribution in [0.15, 0.2) is 53.5 Å². The molecule has 0 spiro atoms. The summed E-state index contributed by atoms with van der Waals surface area (Å²) in [4.78, 5) is 35.1. The SMILES string of the molecule is CCOc1ccccc1NC(=O)COC(=O)Cn1ccccc1=O. The van der Waals surface area contributed by atoms with Crippen LogP contribution in [0, 0.1) is 0 Å². The molecule has 0 radical (unpaired) electrons. The molecular formula is C17H18N2O5. The minimum Gasteiger partial charge on any atom is -0.492 e. The molecule has 0 saturated heterocycles. The summed E-state index contributed by atoms with van der Waals surface area (Å²) in [6, 6.07) is 11.5. The predicted octanol–water partition coefficient (Wildman–Crippen LogP) is 1.43. The van der Waals surface area contributed by atoms with Gasteiger partial charge < -0.3 is 19.4 Å². The summed E-state index contributed by atoms with van der Waals surface area (Å²) in [5, 5.41) is 2.62. The number of hydrogen-bond donors (Lipinski definition) is 1. The van der Waals surface area contributed by atoms with Gasteiger partial charge >= 0.3 is 5.97 Å². The number of amides is 1. The lowest BCUT2D eigenvalue weighted by atomic mass is 10.3. The first-order valence-corrected chi connectivity index (χ1v) is 7.43. The van der Waals surface area contributed by atoms with Crippen molar-refractivity contribution in [1.29, 1.82) is 0 Å². The summed E-state index contributed by atoms with van der Waals surface area (Å²) >= 11 is 0. The van der Waals surface area contributed by atoms with Gasteiger partial charge in [-0.15, -0.1) is 0 Å². The fourth-order valence-corrected chi connectivity index (χ4v) is 1.96. The number of benzene rings is 1. The summed E-state index contributed by atoms with van der Waals surface area (Å²) in [6.45, 7) is 1.61. The van der Waals surface area contributed by atoms with Crippen molar-refractivity contribution in [2.24, 2.45) is 0 Å². The third-order valence-corrected chi connectivity index (χ3v) is 3.02. The van der Waals surface area contributed by atoms with E-state index in [0.717, 1.165) is 0 Å². The molecule has 7 heteroatoms. The average Bonchev–Trinajstić information content (AvgIpc) is 2.57. The lowest BCUT2D eigenvalue weighted by Crippen LogP contribution is -2.27. The van der Waals surface area contributed by atoms with Crippen LogP contribution >= 0.6 is 0 Å². The van der Waals surface area contributed by atoms with Gasteiger partial charge in [-0.3, -0.25) is 14.4 Å². The van der Waals surface area contributed by atoms with Crippen molar-refractivity contribution < 1.29 is 19.1 Å². The van der Waals surface area contributed by atoms with Crippen LogP contribution in [0.4, 0.5) is 5.69 Å². The van der Waals surface area contributed by atoms with Crippen molar-refractivity contribution in [3.63, 3.8) is 0 Å². The van der Waals surface area contributed by atoms with E-state index in [1.807, 2.05) is 6.92 Å². The van der Waals surface area contributed by atoms with Crippen LogP contribution in [0.3, 0.4) is 0 Å². The molecule has 0 fully saturated rings. The molecule has 1 aromatic heterocycles. The molecule has 126 valence electrons. The highest BCUT2D eigenvalue weighted by atomic mass is 16.5. The molecule has 0 atom stereocenters. The van der Waals surface area contributed by atoms with E-state index in [-0.39, 0.29) is 12.1 Å². The lowest BCUT2D eigenvalue weighted by Gasteiger charge is -2.11. The van der Waals surface area contributed by atoms with Crippen molar-refractivity contribution in [2.45, 2.75) is 13.5 Å². The van der Waals surface area contributed by atoms with E-state index < -0.39 is 18.5 Å². The topological polar surface area (TPSA) is 86.6 Å². The molecule has 1 amide bonds. The first-order chi connectivity index (χ1) is 11.6. The standard InChI is InChI=1S/C17H18N2O5/c1-2-23-14-8-4-3-7-13(14)18-15(20)12-24-17(22)11-19-10-6-5-9-16(19)21/h3-10H,2,11-12H2,1H3,(H,18,20). The van der Waals surface area contributed by atoms with Crippen molar-refractivity contribution in [1.82, 2.24) is 4.57 Å². The number of nitrogens with one attached hydrogen (secondary N) is 1. The van der Waals surface area contributed by atoms with Gasteiger partial charge in [0.15, 0.2) is 6.61 Å². The van der Waals surface area contributed by atoms with E-state index in [4.69, 9.17) is 9.47 Å². The molecule has 1 heterocycles. The molecule has 2 aromatic rings. The molecule has 0 aliphatic heterocycles. The highest BCUT2D eigenvalue weighted by molar-refractivity contribution is 5.94. The molecule has 1 N–H and O–H groups in total. The van der Waals surface area contributed by atoms with Gasteiger partial charge in [0, 0.05) is 12.3 Å². The van der Waals surface area contributed by atoms with Gasteiger partial charge in [-0.05, 0) is 25.1 Å². The first kappa shape index (κ1) is 17.3. The number of anilines is 1. The summed E-state index contributed by atoms with van der Waals surface area (Å²) in [7, 11) is 0. The molecule has 0 bridgehead atoms. The zero-order chi connectivity index (χ0) is 17.4. The largest absolute Gasteiger partial charge is 0.492 e. The van der Waals surface area contributed by atoms with E-state index in [2.05, 4.69) is 5.32 Å². The number of pyridine rings is 1. The molecule has 7 nitrogen and oxygen atoms in total. The van der Waals surface area contributed by atoms with Crippen LogP contribution in [-0.2, 0) is 20.9 Å². The molecule has 0 saturated carbocycles. The van der Waals surface area contributed by atoms with Crippen molar-refractivity contribution >= 4 is 17.6 Å². The quantitative estimate of drug-likeness (QED) is 0.776. The van der Waals surface area contributed by atoms with Gasteiger partial charge in [-0.2, -0.15) is 0 Å². The maximum atomic E-state index is 11.9. The normalized spacial score (nSPS) is 10.0. The van der Waals surface area contributed by atoms with Crippen molar-refractivity contribution in [2.75, 3.05) is 18.5 Å². The van der Waals surface area contributed by atoms with Crippen molar-refractivity contribution in [3.05, 3.63) is 59.0 Å². The number of para-hydroxylation sites is 2. The van der Waals surface area contributed by atoms with Crippen LogP contribution in [0.25, 0.3) is 0 Å². The fraction of sp³-hybridized carbons (Fsp3) is 0.235. The van der Waals surface area contributed by atoms with Crippen LogP contribution in [0.1, 0.15) is 6.92 Å². The minimum absolute atomic E-state index is 0.248. The van der Waals surface area contributed by atoms with Gasteiger partial charge in [0.1, 0.15) is 12.3 Å². The van der Waals surface area contributed by atoms with Gasteiger partial charge in [0.2, 0.25) is 0 Å². The second-order valence-electron chi connectivity index (χ2n) is 4.80. The Morgan fingerprint density at radius 2 is 1.88 bits per heavy atom. The Morgan fingerprint density at radius 3 is 2.62 bits per heavy atom. The smallest absolute Gasteiger partial charge is 0.326 e. The molecule has 1 aromatic carbocycles. The summed E-state index contributed by atoms with van der Waals surface area (Å²) < 4.78 is 11.5. The molecule has 0 unspecified atom stereocenters. The minimum atomic E-state index is -0.670. The Balaban J connectivity index is 1.86. The molecule has 0 aliphatic carbocycles. The number of rotatable bonds is 7. The van der Waals surface area contributed by atoms with E-state index in [0.29, 0.717) is 18.0 Å². The summed E-state index contributed by atoms with van der Waals surface area (Å²) in [5.41, 5.74) is 0.184. The van der Waals surface area contributed by atoms with E-state index in [1.165, 1.54) is 16.8 Å². The van der Waals surface area contributed by atoms with Gasteiger partial charge in [-0.25, -0.2) is 0 Å². The Morgan fingerprint density at radius 1 is 1.12 bits per heavy atom. The lowest BCUT2D eigenvalue weighted by molar-refractivity contribution is -0.147. The summed E-state index contributed by atoms with van der Waals surface area (Å²) in [6.07, 6.45) is 1.47. The molecular weight excluding hydrogens is 312 g/mol. The Kier molecular flexibility index (Phi) is 6.13. The number of esters is 1. The number of nitrogens with zero attached hydrogens (tertiary/aromatic N) is 1. The van der Waals surface area contributed by atoms with E-state index >= 15 is 0 Å². The highest BCUT2D eigenvalue weighted by Gasteiger charge is 2.11. The van der Waals surface area contributed by atoms with Crippen LogP contribution in [0.5, 0.6) is 5.75 Å². The Labute approximate surface area is 138 Å². The maximum absolute atomic E-state index is 11.9. The maximum Gasteiger partial charge on any atom is 0.326 e. The Bertz CT molecular complexity index is 769. The number of carbonyl (C=O) groups is 2. The monoisotopic (exact) mass is 330 g/mol. The van der Waals surface area contributed by atoms with Gasteiger partial charge in [0.05, 0.1) is 12.3 Å². The first-order valence-electron chi connectivity index (χ1n) is 7.43. The van der Waals surface area contributed by atoms with Crippen LogP contribution in [0.2, 0.25) is 0 Å². The second-order valence-corrected chi connectivity index (χ2v) is 4.80. The van der Waals surface area contributed by atoms with Gasteiger partial charge in [0.25, 0.3) is 11.5 Å². The zero-order valence-corrected chi connectivity index (χ0v) is 13.2. The average molecular weight is 330 g/mol. The zero-order valence-electron chi connectivity index (χ0n) is 13.2. The molecule has 2 rings (SSSR count). The van der Waals surface area contributed by atoms with E-state index in [1.54, 1.807) is 36.4 Å². The van der Waals surface area contributed by atoms with Crippen LogP contribution < -0.4 is 15.6 Å². The number of hydrogen-bond acceptors (Lipinski definition) is 5. The van der Waals surface area contributed by atoms with E-state index in [9.17, 15) is 14.4 Å². The number of ether oxygens (including phenoxy) is 2. The molecule has 24 heavy (non-hydrogen) atoms. The van der Waals surface area contributed by atoms with Gasteiger partial charge in [-0.1, -0.05) is 18.2 Å². The van der Waals surface area contributed by atoms with Crippen molar-refractivity contribution in [3.8, 4) is 5.75 Å². The summed E-state index contributed by atoms with van der Waals surface area (Å²) in [5.74, 6) is -0.622. The third kappa shape index (κ3) is 4.98. The van der Waals surface area contributed by atoms with Crippen LogP contribution in [-0.4, -0.2) is 29.7 Å². The predicted molar refractivity (Wildman–Crippen MR) is 87.9 cm³/mol. The Hall–Kier alpha value is -3.09. The number of aromatic nitrogens is 1. The fourth-order valence-electron chi connectivity index (χ4n) is 1.96. The third-order valence-electron chi connectivity index (χ3n) is 3.02. The highest BCUT2D eigenvalue weighted by Crippen LogP contribution is 2.23. The molecule has 0 aliphatic rings.